The van der Waals surface area contributed by atoms with Crippen molar-refractivity contribution in [3.8, 4) is 11.5 Å². The van der Waals surface area contributed by atoms with Gasteiger partial charge in [0.25, 0.3) is 5.91 Å². The van der Waals surface area contributed by atoms with Crippen LogP contribution in [-0.2, 0) is 4.79 Å². The van der Waals surface area contributed by atoms with Crippen molar-refractivity contribution in [2.24, 2.45) is 4.99 Å². The number of aliphatic imine (C=N–C) groups is 1. The van der Waals surface area contributed by atoms with Crippen LogP contribution in [0.25, 0.3) is 6.08 Å². The summed E-state index contributed by atoms with van der Waals surface area (Å²) in [6.45, 7) is 3.86. The highest BCUT2D eigenvalue weighted by Crippen LogP contribution is 2.37. The van der Waals surface area contributed by atoms with E-state index in [-0.39, 0.29) is 5.91 Å². The van der Waals surface area contributed by atoms with Crippen molar-refractivity contribution in [1.29, 1.82) is 0 Å². The maximum Gasteiger partial charge on any atom is 0.271 e. The van der Waals surface area contributed by atoms with Crippen LogP contribution in [0.4, 0.5) is 5.69 Å². The van der Waals surface area contributed by atoms with Crippen LogP contribution in [0.5, 0.6) is 11.5 Å². The second kappa shape index (κ2) is 7.88. The SMILES string of the molecule is CCCN=C1S/C(=C\c2ccc3c(c2)OCCO3)C(=O)N1c1ccccc1. The second-order valence-corrected chi connectivity index (χ2v) is 7.16. The molecule has 0 aliphatic carbocycles. The van der Waals surface area contributed by atoms with E-state index in [1.807, 2.05) is 54.6 Å². The largest absolute Gasteiger partial charge is 0.486 e. The van der Waals surface area contributed by atoms with Gasteiger partial charge in [-0.05, 0) is 54.1 Å². The van der Waals surface area contributed by atoms with E-state index in [9.17, 15) is 4.79 Å². The minimum absolute atomic E-state index is 0.0593. The number of hydrogen-bond donors (Lipinski definition) is 0. The fraction of sp³-hybridized carbons (Fsp3) is 0.238. The molecule has 138 valence electrons. The lowest BCUT2D eigenvalue weighted by atomic mass is 10.1. The van der Waals surface area contributed by atoms with Crippen molar-refractivity contribution >= 4 is 34.6 Å². The highest BCUT2D eigenvalue weighted by atomic mass is 32.2. The Morgan fingerprint density at radius 2 is 1.89 bits per heavy atom. The summed E-state index contributed by atoms with van der Waals surface area (Å²) in [5.74, 6) is 1.40. The summed E-state index contributed by atoms with van der Waals surface area (Å²) in [6, 6.07) is 15.4. The smallest absolute Gasteiger partial charge is 0.271 e. The molecule has 0 radical (unpaired) electrons. The number of carbonyl (C=O) groups is 1. The molecular formula is C21H20N2O3S. The van der Waals surface area contributed by atoms with Gasteiger partial charge in [-0.3, -0.25) is 14.7 Å². The van der Waals surface area contributed by atoms with Crippen LogP contribution in [0.3, 0.4) is 0 Å². The number of para-hydroxylation sites is 1. The zero-order valence-corrected chi connectivity index (χ0v) is 15.9. The van der Waals surface area contributed by atoms with Crippen molar-refractivity contribution in [3.05, 3.63) is 59.0 Å². The summed E-state index contributed by atoms with van der Waals surface area (Å²) in [5, 5.41) is 0.719. The molecule has 6 heteroatoms. The number of amidine groups is 1. The van der Waals surface area contributed by atoms with Crippen LogP contribution in [0, 0.1) is 0 Å². The van der Waals surface area contributed by atoms with Gasteiger partial charge in [0, 0.05) is 6.54 Å². The molecule has 4 rings (SSSR count). The lowest BCUT2D eigenvalue weighted by molar-refractivity contribution is -0.113. The van der Waals surface area contributed by atoms with Crippen LogP contribution < -0.4 is 14.4 Å². The number of thioether (sulfide) groups is 1. The third-order valence-electron chi connectivity index (χ3n) is 4.16. The Kier molecular flexibility index (Phi) is 5.16. The van der Waals surface area contributed by atoms with E-state index < -0.39 is 0 Å². The highest BCUT2D eigenvalue weighted by molar-refractivity contribution is 8.19. The first-order valence-electron chi connectivity index (χ1n) is 8.99. The lowest BCUT2D eigenvalue weighted by Gasteiger charge is -2.18. The Morgan fingerprint density at radius 3 is 2.67 bits per heavy atom. The Morgan fingerprint density at radius 1 is 1.11 bits per heavy atom. The van der Waals surface area contributed by atoms with Gasteiger partial charge in [-0.25, -0.2) is 0 Å². The van der Waals surface area contributed by atoms with Crippen molar-refractivity contribution in [1.82, 2.24) is 0 Å². The van der Waals surface area contributed by atoms with Gasteiger partial charge < -0.3 is 9.47 Å². The Hall–Kier alpha value is -2.73. The molecule has 2 heterocycles. The van der Waals surface area contributed by atoms with E-state index in [0.717, 1.165) is 28.6 Å². The predicted octanol–water partition coefficient (Wildman–Crippen LogP) is 4.34. The Bertz CT molecular complexity index is 909. The number of hydrogen-bond acceptors (Lipinski definition) is 5. The number of anilines is 1. The first-order chi connectivity index (χ1) is 13.3. The fourth-order valence-corrected chi connectivity index (χ4v) is 3.90. The molecule has 0 spiro atoms. The normalized spacial score (nSPS) is 19.1. The van der Waals surface area contributed by atoms with Gasteiger partial charge in [-0.1, -0.05) is 31.2 Å². The third-order valence-corrected chi connectivity index (χ3v) is 5.16. The molecule has 2 aliphatic rings. The number of carbonyl (C=O) groups excluding carboxylic acids is 1. The number of fused-ring (bicyclic) bond motifs is 1. The molecule has 0 unspecified atom stereocenters. The number of amides is 1. The predicted molar refractivity (Wildman–Crippen MR) is 110 cm³/mol. The van der Waals surface area contributed by atoms with Gasteiger partial charge >= 0.3 is 0 Å². The molecule has 27 heavy (non-hydrogen) atoms. The van der Waals surface area contributed by atoms with Crippen LogP contribution in [0.2, 0.25) is 0 Å². The van der Waals surface area contributed by atoms with Crippen LogP contribution >= 0.6 is 11.8 Å². The minimum Gasteiger partial charge on any atom is -0.486 e. The second-order valence-electron chi connectivity index (χ2n) is 6.15. The molecule has 0 N–H and O–H groups in total. The van der Waals surface area contributed by atoms with Crippen LogP contribution in [-0.4, -0.2) is 30.8 Å². The molecule has 0 aromatic heterocycles. The van der Waals surface area contributed by atoms with Gasteiger partial charge in [0.1, 0.15) is 13.2 Å². The maximum atomic E-state index is 13.1. The van der Waals surface area contributed by atoms with Gasteiger partial charge in [-0.15, -0.1) is 0 Å². The zero-order chi connectivity index (χ0) is 18.6. The van der Waals surface area contributed by atoms with E-state index in [4.69, 9.17) is 9.47 Å². The van der Waals surface area contributed by atoms with Crippen molar-refractivity contribution < 1.29 is 14.3 Å². The van der Waals surface area contributed by atoms with Gasteiger partial charge in [0.2, 0.25) is 0 Å². The number of nitrogens with zero attached hydrogens (tertiary/aromatic N) is 2. The van der Waals surface area contributed by atoms with Gasteiger partial charge in [0.15, 0.2) is 16.7 Å². The van der Waals surface area contributed by atoms with E-state index in [1.165, 1.54) is 11.8 Å². The van der Waals surface area contributed by atoms with Gasteiger partial charge in [0.05, 0.1) is 10.6 Å². The van der Waals surface area contributed by atoms with Crippen molar-refractivity contribution in [3.63, 3.8) is 0 Å². The van der Waals surface area contributed by atoms with Crippen LogP contribution in [0.1, 0.15) is 18.9 Å². The summed E-state index contributed by atoms with van der Waals surface area (Å²) in [6.07, 6.45) is 2.82. The van der Waals surface area contributed by atoms with Crippen LogP contribution in [0.15, 0.2) is 58.4 Å². The fourth-order valence-electron chi connectivity index (χ4n) is 2.89. The molecule has 5 nitrogen and oxygen atoms in total. The molecule has 2 aromatic rings. The summed E-state index contributed by atoms with van der Waals surface area (Å²) in [4.78, 5) is 20.0. The summed E-state index contributed by atoms with van der Waals surface area (Å²) >= 11 is 1.41. The molecular weight excluding hydrogens is 360 g/mol. The lowest BCUT2D eigenvalue weighted by Crippen LogP contribution is -2.28. The molecule has 0 atom stereocenters. The first-order valence-corrected chi connectivity index (χ1v) is 9.81. The third kappa shape index (κ3) is 3.71. The average Bonchev–Trinajstić information content (AvgIpc) is 3.02. The van der Waals surface area contributed by atoms with E-state index in [2.05, 4.69) is 11.9 Å². The molecule has 2 aliphatic heterocycles. The molecule has 2 aromatic carbocycles. The van der Waals surface area contributed by atoms with E-state index in [0.29, 0.717) is 30.4 Å². The summed E-state index contributed by atoms with van der Waals surface area (Å²) in [7, 11) is 0. The molecule has 0 saturated carbocycles. The van der Waals surface area contributed by atoms with E-state index in [1.54, 1.807) is 4.90 Å². The topological polar surface area (TPSA) is 51.1 Å². The Labute approximate surface area is 162 Å². The molecule has 1 saturated heterocycles. The summed E-state index contributed by atoms with van der Waals surface area (Å²) < 4.78 is 11.2. The molecule has 0 bridgehead atoms. The summed E-state index contributed by atoms with van der Waals surface area (Å²) in [5.41, 5.74) is 1.73. The van der Waals surface area contributed by atoms with Crippen molar-refractivity contribution in [2.45, 2.75) is 13.3 Å². The monoisotopic (exact) mass is 380 g/mol. The quantitative estimate of drug-likeness (QED) is 0.740. The maximum absolute atomic E-state index is 13.1. The van der Waals surface area contributed by atoms with E-state index >= 15 is 0 Å². The Balaban J connectivity index is 1.67. The minimum atomic E-state index is -0.0593. The highest BCUT2D eigenvalue weighted by Gasteiger charge is 2.34. The standard InChI is InChI=1S/C21H20N2O3S/c1-2-10-22-21-23(16-6-4-3-5-7-16)20(24)19(27-21)14-15-8-9-17-18(13-15)26-12-11-25-17/h3-9,13-14H,2,10-12H2,1H3/b19-14-,22-21?. The molecule has 1 fully saturated rings. The average molecular weight is 380 g/mol. The zero-order valence-electron chi connectivity index (χ0n) is 15.1. The number of rotatable bonds is 4. The first kappa shape index (κ1) is 17.7. The molecule has 1 amide bonds. The number of benzene rings is 2. The number of ether oxygens (including phenoxy) is 2. The van der Waals surface area contributed by atoms with Gasteiger partial charge in [-0.2, -0.15) is 0 Å². The van der Waals surface area contributed by atoms with Crippen molar-refractivity contribution in [2.75, 3.05) is 24.7 Å².